The van der Waals surface area contributed by atoms with Gasteiger partial charge in [0.05, 0.1) is 13.2 Å². The molecule has 1 aromatic heterocycles. The van der Waals surface area contributed by atoms with Gasteiger partial charge in [-0.25, -0.2) is 4.98 Å². The molecule has 0 spiro atoms. The highest BCUT2D eigenvalue weighted by molar-refractivity contribution is 5.93. The largest absolute Gasteiger partial charge is 0.497 e. The van der Waals surface area contributed by atoms with Crippen LogP contribution in [0.5, 0.6) is 5.75 Å². The van der Waals surface area contributed by atoms with E-state index in [9.17, 15) is 9.90 Å². The van der Waals surface area contributed by atoms with E-state index in [0.29, 0.717) is 11.7 Å². The Morgan fingerprint density at radius 2 is 2.10 bits per heavy atom. The van der Waals surface area contributed by atoms with E-state index in [1.54, 1.807) is 33.1 Å². The average molecular weight is 290 g/mol. The number of ether oxygens (including phenoxy) is 1. The number of nitrogens with zero attached hydrogens (tertiary/aromatic N) is 1. The van der Waals surface area contributed by atoms with Gasteiger partial charge in [-0.1, -0.05) is 0 Å². The lowest BCUT2D eigenvalue weighted by Crippen LogP contribution is -2.31. The maximum absolute atomic E-state index is 12.0. The molecule has 0 radical (unpaired) electrons. The summed E-state index contributed by atoms with van der Waals surface area (Å²) in [6, 6.07) is 7.20. The Hall–Kier alpha value is -2.34. The van der Waals surface area contributed by atoms with Crippen molar-refractivity contribution in [1.82, 2.24) is 10.3 Å². The number of aliphatic hydroxyl groups excluding tert-OH is 1. The molecule has 1 aromatic carbocycles. The number of carbonyl (C=O) groups excluding carboxylic acids is 1. The molecule has 0 aliphatic rings. The van der Waals surface area contributed by atoms with Crippen molar-refractivity contribution in [3.05, 3.63) is 35.7 Å². The van der Waals surface area contributed by atoms with Crippen LogP contribution in [0, 0.1) is 6.92 Å². The minimum Gasteiger partial charge on any atom is -0.497 e. The average Bonchev–Trinajstić information content (AvgIpc) is 2.87. The van der Waals surface area contributed by atoms with Gasteiger partial charge in [0.1, 0.15) is 11.5 Å². The Balaban J connectivity index is 2.19. The topological polar surface area (TPSA) is 84.6 Å². The maximum atomic E-state index is 12.0. The van der Waals surface area contributed by atoms with Crippen molar-refractivity contribution in [2.75, 3.05) is 13.7 Å². The van der Waals surface area contributed by atoms with Gasteiger partial charge >= 0.3 is 0 Å². The molecule has 1 amide bonds. The van der Waals surface area contributed by atoms with Crippen LogP contribution < -0.4 is 10.1 Å². The van der Waals surface area contributed by atoms with Gasteiger partial charge < -0.3 is 19.6 Å². The number of amides is 1. The number of oxazole rings is 1. The highest BCUT2D eigenvalue weighted by Gasteiger charge is 2.18. The van der Waals surface area contributed by atoms with Gasteiger partial charge in [0.25, 0.3) is 5.91 Å². The summed E-state index contributed by atoms with van der Waals surface area (Å²) in [4.78, 5) is 16.2. The molecule has 0 aliphatic carbocycles. The smallest absolute Gasteiger partial charge is 0.273 e. The van der Waals surface area contributed by atoms with Crippen molar-refractivity contribution >= 4 is 5.91 Å². The number of aliphatic hydroxyl groups is 1. The third-order valence-corrected chi connectivity index (χ3v) is 2.91. The second kappa shape index (κ2) is 6.41. The highest BCUT2D eigenvalue weighted by Crippen LogP contribution is 2.23. The Morgan fingerprint density at radius 1 is 1.43 bits per heavy atom. The third kappa shape index (κ3) is 3.61. The first kappa shape index (κ1) is 15.1. The van der Waals surface area contributed by atoms with Crippen molar-refractivity contribution in [3.8, 4) is 17.2 Å². The molecule has 1 heterocycles. The Morgan fingerprint density at radius 3 is 2.67 bits per heavy atom. The fourth-order valence-electron chi connectivity index (χ4n) is 1.79. The molecule has 0 saturated carbocycles. The molecular formula is C15H18N2O4. The summed E-state index contributed by atoms with van der Waals surface area (Å²) in [7, 11) is 1.59. The first-order chi connectivity index (χ1) is 10.0. The van der Waals surface area contributed by atoms with Crippen LogP contribution in [0.2, 0.25) is 0 Å². The van der Waals surface area contributed by atoms with Gasteiger partial charge in [0.15, 0.2) is 5.69 Å². The van der Waals surface area contributed by atoms with Crippen LogP contribution in [-0.4, -0.2) is 35.8 Å². The first-order valence-electron chi connectivity index (χ1n) is 6.59. The summed E-state index contributed by atoms with van der Waals surface area (Å²) in [5, 5.41) is 11.8. The van der Waals surface area contributed by atoms with Gasteiger partial charge in [-0.15, -0.1) is 0 Å². The van der Waals surface area contributed by atoms with E-state index in [1.165, 1.54) is 0 Å². The van der Waals surface area contributed by atoms with Crippen molar-refractivity contribution in [2.45, 2.75) is 20.0 Å². The molecule has 2 rings (SSSR count). The summed E-state index contributed by atoms with van der Waals surface area (Å²) in [5.74, 6) is 1.18. The number of aryl methyl sites for hydroxylation is 1. The predicted molar refractivity (Wildman–Crippen MR) is 77.2 cm³/mol. The molecule has 6 nitrogen and oxygen atoms in total. The van der Waals surface area contributed by atoms with Gasteiger partial charge in [0.2, 0.25) is 5.89 Å². The Bertz CT molecular complexity index is 617. The second-order valence-corrected chi connectivity index (χ2v) is 4.71. The fourth-order valence-corrected chi connectivity index (χ4v) is 1.79. The lowest BCUT2D eigenvalue weighted by molar-refractivity contribution is 0.0918. The zero-order chi connectivity index (χ0) is 15.4. The van der Waals surface area contributed by atoms with E-state index in [-0.39, 0.29) is 18.1 Å². The summed E-state index contributed by atoms with van der Waals surface area (Å²) in [6.45, 7) is 3.44. The highest BCUT2D eigenvalue weighted by atomic mass is 16.5. The molecule has 2 aromatic rings. The van der Waals surface area contributed by atoms with E-state index in [0.717, 1.165) is 11.3 Å². The van der Waals surface area contributed by atoms with E-state index in [4.69, 9.17) is 9.15 Å². The summed E-state index contributed by atoms with van der Waals surface area (Å²) in [6.07, 6.45) is -0.609. The van der Waals surface area contributed by atoms with E-state index < -0.39 is 6.10 Å². The number of hydrogen-bond acceptors (Lipinski definition) is 5. The molecule has 1 unspecified atom stereocenters. The number of hydrogen-bond donors (Lipinski definition) is 2. The number of carbonyl (C=O) groups is 1. The fraction of sp³-hybridized carbons (Fsp3) is 0.333. The van der Waals surface area contributed by atoms with Crippen molar-refractivity contribution in [1.29, 1.82) is 0 Å². The SMILES string of the molecule is COc1ccc(-c2nc(C(=O)NCC(C)O)c(C)o2)cc1. The maximum Gasteiger partial charge on any atom is 0.273 e. The number of nitrogens with one attached hydrogen (secondary N) is 1. The van der Waals surface area contributed by atoms with Crippen LogP contribution in [0.15, 0.2) is 28.7 Å². The molecule has 1 atom stereocenters. The number of methoxy groups -OCH3 is 1. The normalized spacial score (nSPS) is 12.0. The Labute approximate surface area is 122 Å². The summed E-state index contributed by atoms with van der Waals surface area (Å²) < 4.78 is 10.6. The lowest BCUT2D eigenvalue weighted by Gasteiger charge is -2.04. The zero-order valence-electron chi connectivity index (χ0n) is 12.2. The molecule has 0 fully saturated rings. The summed E-state index contributed by atoms with van der Waals surface area (Å²) >= 11 is 0. The van der Waals surface area contributed by atoms with Crippen LogP contribution in [0.4, 0.5) is 0 Å². The molecule has 0 aliphatic heterocycles. The van der Waals surface area contributed by atoms with E-state index >= 15 is 0 Å². The molecule has 0 bridgehead atoms. The van der Waals surface area contributed by atoms with Gasteiger partial charge in [-0.05, 0) is 38.1 Å². The first-order valence-corrected chi connectivity index (χ1v) is 6.59. The van der Waals surface area contributed by atoms with Crippen molar-refractivity contribution in [3.63, 3.8) is 0 Å². The van der Waals surface area contributed by atoms with Gasteiger partial charge in [-0.2, -0.15) is 0 Å². The Kier molecular flexibility index (Phi) is 4.59. The quantitative estimate of drug-likeness (QED) is 0.876. The van der Waals surface area contributed by atoms with Crippen LogP contribution in [0.1, 0.15) is 23.2 Å². The molecule has 2 N–H and O–H groups in total. The van der Waals surface area contributed by atoms with E-state index in [2.05, 4.69) is 10.3 Å². The molecular weight excluding hydrogens is 272 g/mol. The van der Waals surface area contributed by atoms with Crippen LogP contribution >= 0.6 is 0 Å². The van der Waals surface area contributed by atoms with Gasteiger partial charge in [-0.3, -0.25) is 4.79 Å². The standard InChI is InChI=1S/C15H18N2O4/c1-9(18)8-16-14(19)13-10(2)21-15(17-13)11-4-6-12(20-3)7-5-11/h4-7,9,18H,8H2,1-3H3,(H,16,19). The molecule has 0 saturated heterocycles. The lowest BCUT2D eigenvalue weighted by atomic mass is 10.2. The molecule has 6 heteroatoms. The minimum atomic E-state index is -0.609. The number of benzene rings is 1. The summed E-state index contributed by atoms with van der Waals surface area (Å²) in [5.41, 5.74) is 0.981. The second-order valence-electron chi connectivity index (χ2n) is 4.71. The predicted octanol–water partition coefficient (Wildman–Crippen LogP) is 1.77. The minimum absolute atomic E-state index is 0.170. The third-order valence-electron chi connectivity index (χ3n) is 2.91. The van der Waals surface area contributed by atoms with E-state index in [1.807, 2.05) is 12.1 Å². The number of rotatable bonds is 5. The number of aromatic nitrogens is 1. The van der Waals surface area contributed by atoms with Crippen LogP contribution in [0.3, 0.4) is 0 Å². The van der Waals surface area contributed by atoms with Gasteiger partial charge in [0, 0.05) is 12.1 Å². The monoisotopic (exact) mass is 290 g/mol. The van der Waals surface area contributed by atoms with Crippen molar-refractivity contribution < 1.29 is 19.1 Å². The van der Waals surface area contributed by atoms with Crippen LogP contribution in [0.25, 0.3) is 11.5 Å². The molecule has 112 valence electrons. The van der Waals surface area contributed by atoms with Crippen LogP contribution in [-0.2, 0) is 0 Å². The zero-order valence-corrected chi connectivity index (χ0v) is 12.2. The van der Waals surface area contributed by atoms with Crippen molar-refractivity contribution in [2.24, 2.45) is 0 Å². The molecule has 21 heavy (non-hydrogen) atoms.